The van der Waals surface area contributed by atoms with Crippen molar-refractivity contribution >= 4 is 45.2 Å². The van der Waals surface area contributed by atoms with Crippen LogP contribution in [0.25, 0.3) is 11.3 Å². The number of carbonyl (C=O) groups is 1. The fourth-order valence-electron chi connectivity index (χ4n) is 2.43. The average molecular weight is 393 g/mol. The molecule has 6 nitrogen and oxygen atoms in total. The van der Waals surface area contributed by atoms with Crippen molar-refractivity contribution in [3.8, 4) is 11.3 Å². The number of hydrogen-bond donors (Lipinski definition) is 2. The zero-order valence-corrected chi connectivity index (χ0v) is 16.0. The number of amides is 1. The summed E-state index contributed by atoms with van der Waals surface area (Å²) in [5, 5.41) is 11.3. The van der Waals surface area contributed by atoms with Gasteiger partial charge in [0.25, 0.3) is 5.91 Å². The van der Waals surface area contributed by atoms with E-state index in [2.05, 4.69) is 25.6 Å². The van der Waals surface area contributed by atoms with Gasteiger partial charge in [0.2, 0.25) is 0 Å². The molecule has 1 aromatic carbocycles. The molecular weight excluding hydrogens is 378 g/mol. The number of thiazole rings is 2. The Labute approximate surface area is 164 Å². The molecule has 2 N–H and O–H groups in total. The Morgan fingerprint density at radius 3 is 2.74 bits per heavy atom. The van der Waals surface area contributed by atoms with Crippen LogP contribution in [-0.2, 0) is 0 Å². The number of carbonyl (C=O) groups excluding carboxylic acids is 1. The van der Waals surface area contributed by atoms with E-state index in [9.17, 15) is 4.79 Å². The van der Waals surface area contributed by atoms with Gasteiger partial charge < -0.3 is 10.6 Å². The maximum Gasteiger partial charge on any atom is 0.275 e. The lowest BCUT2D eigenvalue weighted by Crippen LogP contribution is -2.12. The predicted molar refractivity (Wildman–Crippen MR) is 110 cm³/mol. The summed E-state index contributed by atoms with van der Waals surface area (Å²) < 4.78 is 0. The molecule has 0 aliphatic carbocycles. The van der Waals surface area contributed by atoms with E-state index in [1.54, 1.807) is 22.9 Å². The molecule has 3 aromatic heterocycles. The topological polar surface area (TPSA) is 79.8 Å². The second-order valence-corrected chi connectivity index (χ2v) is 7.58. The molecule has 0 aliphatic heterocycles. The maximum atomic E-state index is 12.5. The molecule has 134 valence electrons. The molecule has 0 bridgehead atoms. The summed E-state index contributed by atoms with van der Waals surface area (Å²) in [4.78, 5) is 25.5. The normalized spacial score (nSPS) is 10.6. The molecule has 0 unspecified atom stereocenters. The first-order valence-electron chi connectivity index (χ1n) is 8.15. The lowest BCUT2D eigenvalue weighted by atomic mass is 10.1. The Morgan fingerprint density at radius 2 is 1.96 bits per heavy atom. The van der Waals surface area contributed by atoms with Crippen molar-refractivity contribution in [2.45, 2.75) is 6.92 Å². The third-order valence-electron chi connectivity index (χ3n) is 3.67. The van der Waals surface area contributed by atoms with Gasteiger partial charge in [0.15, 0.2) is 5.13 Å². The number of rotatable bonds is 5. The summed E-state index contributed by atoms with van der Waals surface area (Å²) in [6.45, 7) is 1.97. The first kappa shape index (κ1) is 17.3. The number of anilines is 3. The van der Waals surface area contributed by atoms with Gasteiger partial charge >= 0.3 is 0 Å². The van der Waals surface area contributed by atoms with E-state index in [0.29, 0.717) is 22.3 Å². The fraction of sp³-hybridized carbons (Fsp3) is 0.0526. The zero-order chi connectivity index (χ0) is 18.6. The van der Waals surface area contributed by atoms with Crippen LogP contribution in [-0.4, -0.2) is 20.9 Å². The fourth-order valence-corrected chi connectivity index (χ4v) is 3.75. The van der Waals surface area contributed by atoms with Crippen LogP contribution in [0.1, 0.15) is 15.5 Å². The van der Waals surface area contributed by atoms with Gasteiger partial charge in [0, 0.05) is 28.2 Å². The average Bonchev–Trinajstić information content (AvgIpc) is 3.32. The second-order valence-electron chi connectivity index (χ2n) is 5.66. The molecule has 3 heterocycles. The molecule has 0 radical (unpaired) electrons. The van der Waals surface area contributed by atoms with Gasteiger partial charge in [-0.1, -0.05) is 18.2 Å². The largest absolute Gasteiger partial charge is 0.321 e. The molecule has 4 rings (SSSR count). The lowest BCUT2D eigenvalue weighted by Gasteiger charge is -2.05. The highest BCUT2D eigenvalue weighted by molar-refractivity contribution is 7.14. The molecule has 0 fully saturated rings. The number of aromatic nitrogens is 3. The summed E-state index contributed by atoms with van der Waals surface area (Å²) in [7, 11) is 0. The molecule has 0 saturated heterocycles. The number of benzene rings is 1. The van der Waals surface area contributed by atoms with E-state index in [0.717, 1.165) is 16.3 Å². The van der Waals surface area contributed by atoms with Gasteiger partial charge in [-0.3, -0.25) is 4.79 Å². The van der Waals surface area contributed by atoms with E-state index in [-0.39, 0.29) is 5.91 Å². The third kappa shape index (κ3) is 4.18. The monoisotopic (exact) mass is 393 g/mol. The van der Waals surface area contributed by atoms with Crippen molar-refractivity contribution < 1.29 is 4.79 Å². The summed E-state index contributed by atoms with van der Waals surface area (Å²) in [5.74, 6) is 0.428. The second kappa shape index (κ2) is 7.65. The SMILES string of the molecule is Cc1nc(-c2cccc(NC(=O)c3csc(Nc4ccccn4)n3)c2)cs1. The quantitative estimate of drug-likeness (QED) is 0.501. The summed E-state index contributed by atoms with van der Waals surface area (Å²) >= 11 is 2.95. The highest BCUT2D eigenvalue weighted by atomic mass is 32.1. The summed E-state index contributed by atoms with van der Waals surface area (Å²) in [6.07, 6.45) is 1.69. The Kier molecular flexibility index (Phi) is 4.91. The van der Waals surface area contributed by atoms with Crippen LogP contribution in [0.3, 0.4) is 0 Å². The maximum absolute atomic E-state index is 12.5. The third-order valence-corrected chi connectivity index (χ3v) is 5.20. The molecular formula is C19H15N5OS2. The van der Waals surface area contributed by atoms with Crippen molar-refractivity contribution in [3.63, 3.8) is 0 Å². The number of nitrogens with zero attached hydrogens (tertiary/aromatic N) is 3. The lowest BCUT2D eigenvalue weighted by molar-refractivity contribution is 0.102. The van der Waals surface area contributed by atoms with Gasteiger partial charge in [0.1, 0.15) is 11.5 Å². The Bertz CT molecular complexity index is 1070. The van der Waals surface area contributed by atoms with Gasteiger partial charge in [-0.2, -0.15) is 0 Å². The zero-order valence-electron chi connectivity index (χ0n) is 14.3. The van der Waals surface area contributed by atoms with Gasteiger partial charge in [-0.05, 0) is 31.2 Å². The summed E-state index contributed by atoms with van der Waals surface area (Å²) in [6, 6.07) is 13.2. The molecule has 0 saturated carbocycles. The van der Waals surface area contributed by atoms with Crippen molar-refractivity contribution in [2.75, 3.05) is 10.6 Å². The minimum Gasteiger partial charge on any atom is -0.321 e. The Hall–Kier alpha value is -3.10. The smallest absolute Gasteiger partial charge is 0.275 e. The Morgan fingerprint density at radius 1 is 1.04 bits per heavy atom. The minimum atomic E-state index is -0.257. The van der Waals surface area contributed by atoms with Crippen LogP contribution in [0, 0.1) is 6.92 Å². The number of pyridine rings is 1. The first-order valence-corrected chi connectivity index (χ1v) is 9.91. The minimum absolute atomic E-state index is 0.257. The van der Waals surface area contributed by atoms with E-state index in [4.69, 9.17) is 0 Å². The van der Waals surface area contributed by atoms with Crippen molar-refractivity contribution in [2.24, 2.45) is 0 Å². The van der Waals surface area contributed by atoms with E-state index in [1.165, 1.54) is 11.3 Å². The molecule has 0 atom stereocenters. The predicted octanol–water partition coefficient (Wildman–Crippen LogP) is 4.97. The number of hydrogen-bond acceptors (Lipinski definition) is 7. The number of aryl methyl sites for hydroxylation is 1. The van der Waals surface area contributed by atoms with E-state index < -0.39 is 0 Å². The van der Waals surface area contributed by atoms with Gasteiger partial charge in [0.05, 0.1) is 10.7 Å². The molecule has 1 amide bonds. The van der Waals surface area contributed by atoms with Crippen molar-refractivity contribution in [1.29, 1.82) is 0 Å². The Balaban J connectivity index is 1.46. The van der Waals surface area contributed by atoms with Crippen LogP contribution < -0.4 is 10.6 Å². The highest BCUT2D eigenvalue weighted by Crippen LogP contribution is 2.25. The van der Waals surface area contributed by atoms with Gasteiger partial charge in [-0.25, -0.2) is 15.0 Å². The molecule has 27 heavy (non-hydrogen) atoms. The molecule has 8 heteroatoms. The van der Waals surface area contributed by atoms with Gasteiger partial charge in [-0.15, -0.1) is 22.7 Å². The molecule has 4 aromatic rings. The summed E-state index contributed by atoms with van der Waals surface area (Å²) in [5.41, 5.74) is 2.93. The molecule has 0 aliphatic rings. The standard InChI is InChI=1S/C19H15N5OS2/c1-12-21-15(10-26-12)13-5-4-6-14(9-13)22-18(25)16-11-27-19(23-16)24-17-7-2-3-8-20-17/h2-11H,1H3,(H,22,25)(H,20,23,24). The molecule has 0 spiro atoms. The van der Waals surface area contributed by atoms with Crippen LogP contribution >= 0.6 is 22.7 Å². The number of nitrogens with one attached hydrogen (secondary N) is 2. The van der Waals surface area contributed by atoms with E-state index >= 15 is 0 Å². The van der Waals surface area contributed by atoms with Crippen molar-refractivity contribution in [1.82, 2.24) is 15.0 Å². The van der Waals surface area contributed by atoms with E-state index in [1.807, 2.05) is 54.8 Å². The van der Waals surface area contributed by atoms with Crippen molar-refractivity contribution in [3.05, 3.63) is 70.1 Å². The van der Waals surface area contributed by atoms with Crippen LogP contribution in [0.5, 0.6) is 0 Å². The van der Waals surface area contributed by atoms with Crippen LogP contribution in [0.2, 0.25) is 0 Å². The highest BCUT2D eigenvalue weighted by Gasteiger charge is 2.12. The van der Waals surface area contributed by atoms with Crippen LogP contribution in [0.15, 0.2) is 59.4 Å². The van der Waals surface area contributed by atoms with Crippen LogP contribution in [0.4, 0.5) is 16.6 Å². The first-order chi connectivity index (χ1) is 13.2.